The van der Waals surface area contributed by atoms with E-state index in [2.05, 4.69) is 47.1 Å². The summed E-state index contributed by atoms with van der Waals surface area (Å²) in [6.07, 6.45) is 1.74. The van der Waals surface area contributed by atoms with Gasteiger partial charge in [0.05, 0.1) is 6.04 Å². The van der Waals surface area contributed by atoms with Crippen LogP contribution in [0.15, 0.2) is 35.8 Å². The normalized spacial score (nSPS) is 12.4. The molecule has 5 heteroatoms. The van der Waals surface area contributed by atoms with Gasteiger partial charge in [0.1, 0.15) is 5.82 Å². The largest absolute Gasteiger partial charge is 0.377 e. The minimum Gasteiger partial charge on any atom is -0.377 e. The van der Waals surface area contributed by atoms with Crippen LogP contribution in [-0.2, 0) is 0 Å². The summed E-state index contributed by atoms with van der Waals surface area (Å²) < 4.78 is 0. The number of nitrogen functional groups attached to an aromatic ring is 1. The fraction of sp³-hybridized carbons (Fsp3) is 0.308. The lowest BCUT2D eigenvalue weighted by molar-refractivity contribution is 0.554. The SMILES string of the molecule is CC(C)C(Nc1ccnc(NN)c1)c1cccs1. The molecule has 2 aromatic rings. The number of aromatic nitrogens is 1. The Kier molecular flexibility index (Phi) is 4.17. The molecule has 4 nitrogen and oxygen atoms in total. The van der Waals surface area contributed by atoms with Gasteiger partial charge in [-0.3, -0.25) is 0 Å². The van der Waals surface area contributed by atoms with E-state index in [1.165, 1.54) is 4.88 Å². The molecule has 0 bridgehead atoms. The van der Waals surface area contributed by atoms with E-state index in [-0.39, 0.29) is 0 Å². The van der Waals surface area contributed by atoms with Gasteiger partial charge >= 0.3 is 0 Å². The molecule has 0 saturated heterocycles. The van der Waals surface area contributed by atoms with Gasteiger partial charge in [0.15, 0.2) is 0 Å². The predicted octanol–water partition coefficient (Wildman–Crippen LogP) is 3.24. The molecular weight excluding hydrogens is 244 g/mol. The summed E-state index contributed by atoms with van der Waals surface area (Å²) >= 11 is 1.77. The molecule has 0 radical (unpaired) electrons. The van der Waals surface area contributed by atoms with Crippen LogP contribution in [0.5, 0.6) is 0 Å². The molecule has 0 saturated carbocycles. The summed E-state index contributed by atoms with van der Waals surface area (Å²) in [4.78, 5) is 5.44. The van der Waals surface area contributed by atoms with E-state index in [1.807, 2.05) is 12.1 Å². The summed E-state index contributed by atoms with van der Waals surface area (Å²) in [6.45, 7) is 4.42. The second-order valence-electron chi connectivity index (χ2n) is 4.46. The molecule has 96 valence electrons. The van der Waals surface area contributed by atoms with E-state index in [1.54, 1.807) is 17.5 Å². The molecule has 18 heavy (non-hydrogen) atoms. The third-order valence-electron chi connectivity index (χ3n) is 2.75. The first-order valence-electron chi connectivity index (χ1n) is 5.93. The van der Waals surface area contributed by atoms with Gasteiger partial charge in [-0.15, -0.1) is 11.3 Å². The molecule has 4 N–H and O–H groups in total. The van der Waals surface area contributed by atoms with Gasteiger partial charge in [0.25, 0.3) is 0 Å². The molecule has 1 atom stereocenters. The van der Waals surface area contributed by atoms with Crippen LogP contribution < -0.4 is 16.6 Å². The maximum Gasteiger partial charge on any atom is 0.141 e. The molecule has 0 spiro atoms. The minimum atomic E-state index is 0.304. The van der Waals surface area contributed by atoms with Crippen LogP contribution >= 0.6 is 11.3 Å². The quantitative estimate of drug-likeness (QED) is 0.572. The Labute approximate surface area is 111 Å². The van der Waals surface area contributed by atoms with Crippen molar-refractivity contribution in [3.8, 4) is 0 Å². The number of nitrogens with one attached hydrogen (secondary N) is 2. The third kappa shape index (κ3) is 3.00. The Morgan fingerprint density at radius 2 is 2.17 bits per heavy atom. The van der Waals surface area contributed by atoms with Gasteiger partial charge in [-0.05, 0) is 23.4 Å². The van der Waals surface area contributed by atoms with Gasteiger partial charge in [0, 0.05) is 22.8 Å². The highest BCUT2D eigenvalue weighted by atomic mass is 32.1. The first-order chi connectivity index (χ1) is 8.70. The molecule has 0 aliphatic rings. The lowest BCUT2D eigenvalue weighted by Gasteiger charge is -2.22. The number of hydrazine groups is 1. The minimum absolute atomic E-state index is 0.304. The van der Waals surface area contributed by atoms with Crippen molar-refractivity contribution in [3.63, 3.8) is 0 Å². The zero-order valence-corrected chi connectivity index (χ0v) is 11.4. The average Bonchev–Trinajstić information content (AvgIpc) is 2.89. The molecule has 0 fully saturated rings. The van der Waals surface area contributed by atoms with Crippen molar-refractivity contribution in [2.24, 2.45) is 11.8 Å². The number of anilines is 2. The van der Waals surface area contributed by atoms with E-state index in [0.717, 1.165) is 5.69 Å². The monoisotopic (exact) mass is 262 g/mol. The zero-order chi connectivity index (χ0) is 13.0. The molecule has 0 aliphatic heterocycles. The number of rotatable bonds is 5. The van der Waals surface area contributed by atoms with E-state index in [4.69, 9.17) is 5.84 Å². The van der Waals surface area contributed by atoms with Crippen LogP contribution in [0.2, 0.25) is 0 Å². The molecule has 1 unspecified atom stereocenters. The van der Waals surface area contributed by atoms with E-state index in [9.17, 15) is 0 Å². The molecule has 0 amide bonds. The van der Waals surface area contributed by atoms with Crippen molar-refractivity contribution in [1.82, 2.24) is 4.98 Å². The zero-order valence-electron chi connectivity index (χ0n) is 10.6. The van der Waals surface area contributed by atoms with Gasteiger partial charge in [-0.1, -0.05) is 19.9 Å². The molecular formula is C13H18N4S. The Balaban J connectivity index is 2.18. The lowest BCUT2D eigenvalue weighted by Crippen LogP contribution is -2.16. The maximum atomic E-state index is 5.37. The van der Waals surface area contributed by atoms with Crippen molar-refractivity contribution in [2.75, 3.05) is 10.7 Å². The standard InChI is InChI=1S/C13H18N4S/c1-9(2)13(11-4-3-7-18-11)16-10-5-6-15-12(8-10)17-14/h3-9,13H,14H2,1-2H3,(H2,15,16,17). The highest BCUT2D eigenvalue weighted by Gasteiger charge is 2.16. The predicted molar refractivity (Wildman–Crippen MR) is 77.6 cm³/mol. The summed E-state index contributed by atoms with van der Waals surface area (Å²) in [5.41, 5.74) is 3.57. The van der Waals surface area contributed by atoms with Crippen molar-refractivity contribution >= 4 is 22.8 Å². The van der Waals surface area contributed by atoms with Crippen LogP contribution in [0.4, 0.5) is 11.5 Å². The molecule has 0 aliphatic carbocycles. The Hall–Kier alpha value is -1.59. The third-order valence-corrected chi connectivity index (χ3v) is 3.70. The van der Waals surface area contributed by atoms with Crippen molar-refractivity contribution < 1.29 is 0 Å². The number of pyridine rings is 1. The Morgan fingerprint density at radius 1 is 1.33 bits per heavy atom. The highest BCUT2D eigenvalue weighted by molar-refractivity contribution is 7.10. The number of hydrogen-bond acceptors (Lipinski definition) is 5. The van der Waals surface area contributed by atoms with E-state index < -0.39 is 0 Å². The highest BCUT2D eigenvalue weighted by Crippen LogP contribution is 2.29. The smallest absolute Gasteiger partial charge is 0.141 e. The molecule has 2 rings (SSSR count). The Morgan fingerprint density at radius 3 is 2.78 bits per heavy atom. The number of nitrogens with two attached hydrogens (primary N) is 1. The van der Waals surface area contributed by atoms with Gasteiger partial charge in [-0.2, -0.15) is 0 Å². The first-order valence-corrected chi connectivity index (χ1v) is 6.81. The molecule has 0 aromatic carbocycles. The second-order valence-corrected chi connectivity index (χ2v) is 5.43. The molecule has 2 heterocycles. The summed E-state index contributed by atoms with van der Waals surface area (Å²) in [7, 11) is 0. The van der Waals surface area contributed by atoms with Crippen LogP contribution in [0.1, 0.15) is 24.8 Å². The van der Waals surface area contributed by atoms with Gasteiger partial charge in [-0.25, -0.2) is 10.8 Å². The first kappa shape index (κ1) is 12.9. The van der Waals surface area contributed by atoms with Gasteiger partial charge in [0.2, 0.25) is 0 Å². The second kappa shape index (κ2) is 5.84. The molecule has 2 aromatic heterocycles. The number of nitrogens with zero attached hydrogens (tertiary/aromatic N) is 1. The number of hydrogen-bond donors (Lipinski definition) is 3. The summed E-state index contributed by atoms with van der Waals surface area (Å²) in [5.74, 6) is 6.53. The fourth-order valence-corrected chi connectivity index (χ4v) is 2.76. The van der Waals surface area contributed by atoms with Crippen molar-refractivity contribution in [1.29, 1.82) is 0 Å². The lowest BCUT2D eigenvalue weighted by atomic mass is 10.0. The number of thiophene rings is 1. The van der Waals surface area contributed by atoms with Crippen LogP contribution in [0, 0.1) is 5.92 Å². The van der Waals surface area contributed by atoms with E-state index in [0.29, 0.717) is 17.8 Å². The van der Waals surface area contributed by atoms with Crippen LogP contribution in [-0.4, -0.2) is 4.98 Å². The van der Waals surface area contributed by atoms with Crippen molar-refractivity contribution in [3.05, 3.63) is 40.7 Å². The van der Waals surface area contributed by atoms with Gasteiger partial charge < -0.3 is 10.7 Å². The van der Waals surface area contributed by atoms with Crippen molar-refractivity contribution in [2.45, 2.75) is 19.9 Å². The van der Waals surface area contributed by atoms with Crippen LogP contribution in [0.3, 0.4) is 0 Å². The Bertz CT molecular complexity index is 481. The topological polar surface area (TPSA) is 63.0 Å². The summed E-state index contributed by atoms with van der Waals surface area (Å²) in [5, 5.41) is 5.63. The van der Waals surface area contributed by atoms with E-state index >= 15 is 0 Å². The summed E-state index contributed by atoms with van der Waals surface area (Å²) in [6, 6.07) is 8.40. The maximum absolute atomic E-state index is 5.37. The van der Waals surface area contributed by atoms with Crippen LogP contribution in [0.25, 0.3) is 0 Å². The average molecular weight is 262 g/mol. The fourth-order valence-electron chi connectivity index (χ4n) is 1.81.